The van der Waals surface area contributed by atoms with Crippen LogP contribution in [0.2, 0.25) is 0 Å². The molecule has 98 valence electrons. The molecule has 0 heterocycles. The van der Waals surface area contributed by atoms with E-state index in [-0.39, 0.29) is 16.7 Å². The van der Waals surface area contributed by atoms with Gasteiger partial charge < -0.3 is 5.32 Å². The molecule has 2 rings (SSSR count). The number of hydrogen-bond donors (Lipinski definition) is 1. The number of aryl methyl sites for hydroxylation is 1. The molecule has 2 aromatic rings. The Balaban J connectivity index is 2.17. The molecule has 0 aliphatic rings. The first-order valence-electron chi connectivity index (χ1n) is 6.14. The van der Waals surface area contributed by atoms with Crippen molar-refractivity contribution in [1.82, 2.24) is 0 Å². The standard InChI is InChI=1S/C15H16N2O2/c1-11-5-3-6-13(9-11)12(2)16-14-7-4-8-15(10-14)17(18)19/h3-10,12,16H,1-2H3. The zero-order valence-electron chi connectivity index (χ0n) is 11.0. The van der Waals surface area contributed by atoms with Gasteiger partial charge in [-0.15, -0.1) is 0 Å². The van der Waals surface area contributed by atoms with Crippen molar-refractivity contribution >= 4 is 11.4 Å². The number of non-ortho nitro benzene ring substituents is 1. The van der Waals surface area contributed by atoms with Gasteiger partial charge in [-0.25, -0.2) is 0 Å². The largest absolute Gasteiger partial charge is 0.378 e. The number of nitro benzene ring substituents is 1. The Morgan fingerprint density at radius 3 is 2.58 bits per heavy atom. The van der Waals surface area contributed by atoms with Gasteiger partial charge in [-0.05, 0) is 25.5 Å². The van der Waals surface area contributed by atoms with Gasteiger partial charge in [-0.1, -0.05) is 35.9 Å². The molecule has 0 spiro atoms. The first-order chi connectivity index (χ1) is 9.06. The molecule has 1 atom stereocenters. The molecule has 0 fully saturated rings. The topological polar surface area (TPSA) is 55.2 Å². The molecular weight excluding hydrogens is 240 g/mol. The van der Waals surface area contributed by atoms with Crippen molar-refractivity contribution in [1.29, 1.82) is 0 Å². The Morgan fingerprint density at radius 2 is 1.89 bits per heavy atom. The molecular formula is C15H16N2O2. The van der Waals surface area contributed by atoms with Crippen molar-refractivity contribution in [2.75, 3.05) is 5.32 Å². The van der Waals surface area contributed by atoms with Crippen LogP contribution in [0.25, 0.3) is 0 Å². The predicted octanol–water partition coefficient (Wildman–Crippen LogP) is 4.08. The SMILES string of the molecule is Cc1cccc(C(C)Nc2cccc([N+](=O)[O-])c2)c1. The molecule has 1 N–H and O–H groups in total. The molecule has 0 aliphatic heterocycles. The summed E-state index contributed by atoms with van der Waals surface area (Å²) in [4.78, 5) is 10.3. The summed E-state index contributed by atoms with van der Waals surface area (Å²) in [5.41, 5.74) is 3.21. The van der Waals surface area contributed by atoms with Crippen LogP contribution in [-0.4, -0.2) is 4.92 Å². The van der Waals surface area contributed by atoms with E-state index in [1.807, 2.05) is 38.1 Å². The Bertz CT molecular complexity index is 596. The molecule has 0 aliphatic carbocycles. The number of hydrogen-bond acceptors (Lipinski definition) is 3. The van der Waals surface area contributed by atoms with Crippen LogP contribution in [0.4, 0.5) is 11.4 Å². The molecule has 0 saturated carbocycles. The summed E-state index contributed by atoms with van der Waals surface area (Å²) in [6.07, 6.45) is 0. The number of rotatable bonds is 4. The second-order valence-corrected chi connectivity index (χ2v) is 4.59. The highest BCUT2D eigenvalue weighted by Crippen LogP contribution is 2.23. The molecule has 0 amide bonds. The second kappa shape index (κ2) is 5.52. The Labute approximate surface area is 112 Å². The van der Waals surface area contributed by atoms with Crippen LogP contribution < -0.4 is 5.32 Å². The van der Waals surface area contributed by atoms with Crippen LogP contribution in [0.15, 0.2) is 48.5 Å². The first-order valence-corrected chi connectivity index (χ1v) is 6.14. The van der Waals surface area contributed by atoms with Gasteiger partial charge in [0.1, 0.15) is 0 Å². The van der Waals surface area contributed by atoms with Gasteiger partial charge in [-0.2, -0.15) is 0 Å². The fraction of sp³-hybridized carbons (Fsp3) is 0.200. The van der Waals surface area contributed by atoms with Gasteiger partial charge in [0, 0.05) is 23.9 Å². The van der Waals surface area contributed by atoms with E-state index in [1.54, 1.807) is 12.1 Å². The van der Waals surface area contributed by atoms with Crippen LogP contribution >= 0.6 is 0 Å². The molecule has 4 heteroatoms. The molecule has 0 aromatic heterocycles. The van der Waals surface area contributed by atoms with Gasteiger partial charge in [0.05, 0.1) is 4.92 Å². The van der Waals surface area contributed by atoms with Crippen molar-refractivity contribution in [3.63, 3.8) is 0 Å². The lowest BCUT2D eigenvalue weighted by Crippen LogP contribution is -2.06. The molecule has 19 heavy (non-hydrogen) atoms. The van der Waals surface area contributed by atoms with Crippen molar-refractivity contribution < 1.29 is 4.92 Å². The quantitative estimate of drug-likeness (QED) is 0.662. The van der Waals surface area contributed by atoms with E-state index in [0.29, 0.717) is 0 Å². The fourth-order valence-electron chi connectivity index (χ4n) is 1.98. The number of nitro groups is 1. The second-order valence-electron chi connectivity index (χ2n) is 4.59. The third-order valence-corrected chi connectivity index (χ3v) is 2.98. The van der Waals surface area contributed by atoms with Gasteiger partial charge >= 0.3 is 0 Å². The number of nitrogens with one attached hydrogen (secondary N) is 1. The first kappa shape index (κ1) is 13.1. The summed E-state index contributed by atoms with van der Waals surface area (Å²) in [5, 5.41) is 14.0. The summed E-state index contributed by atoms with van der Waals surface area (Å²) in [6, 6.07) is 14.9. The van der Waals surface area contributed by atoms with Crippen LogP contribution in [-0.2, 0) is 0 Å². The van der Waals surface area contributed by atoms with Crippen molar-refractivity contribution in [2.24, 2.45) is 0 Å². The number of benzene rings is 2. The molecule has 0 bridgehead atoms. The van der Waals surface area contributed by atoms with Crippen LogP contribution in [0, 0.1) is 17.0 Å². The monoisotopic (exact) mass is 256 g/mol. The Hall–Kier alpha value is -2.36. The zero-order chi connectivity index (χ0) is 13.8. The van der Waals surface area contributed by atoms with E-state index < -0.39 is 0 Å². The lowest BCUT2D eigenvalue weighted by atomic mass is 10.1. The Kier molecular flexibility index (Phi) is 3.80. The Morgan fingerprint density at radius 1 is 1.16 bits per heavy atom. The average Bonchev–Trinajstić information content (AvgIpc) is 2.39. The van der Waals surface area contributed by atoms with Gasteiger partial charge in [0.2, 0.25) is 0 Å². The predicted molar refractivity (Wildman–Crippen MR) is 76.3 cm³/mol. The smallest absolute Gasteiger partial charge is 0.271 e. The van der Waals surface area contributed by atoms with E-state index in [9.17, 15) is 10.1 Å². The maximum atomic E-state index is 10.7. The van der Waals surface area contributed by atoms with E-state index in [1.165, 1.54) is 11.6 Å². The van der Waals surface area contributed by atoms with Crippen molar-refractivity contribution in [2.45, 2.75) is 19.9 Å². The summed E-state index contributed by atoms with van der Waals surface area (Å²) in [7, 11) is 0. The van der Waals surface area contributed by atoms with Gasteiger partial charge in [-0.3, -0.25) is 10.1 Å². The summed E-state index contributed by atoms with van der Waals surface area (Å²) < 4.78 is 0. The van der Waals surface area contributed by atoms with Crippen LogP contribution in [0.3, 0.4) is 0 Å². The van der Waals surface area contributed by atoms with Crippen molar-refractivity contribution in [3.05, 3.63) is 69.8 Å². The maximum absolute atomic E-state index is 10.7. The molecule has 0 radical (unpaired) electrons. The lowest BCUT2D eigenvalue weighted by molar-refractivity contribution is -0.384. The molecule has 1 unspecified atom stereocenters. The van der Waals surface area contributed by atoms with E-state index >= 15 is 0 Å². The minimum atomic E-state index is -0.386. The third kappa shape index (κ3) is 3.31. The number of anilines is 1. The van der Waals surface area contributed by atoms with Crippen LogP contribution in [0.1, 0.15) is 24.1 Å². The highest BCUT2D eigenvalue weighted by molar-refractivity contribution is 5.52. The highest BCUT2D eigenvalue weighted by Gasteiger charge is 2.09. The van der Waals surface area contributed by atoms with Crippen LogP contribution in [0.5, 0.6) is 0 Å². The average molecular weight is 256 g/mol. The molecule has 4 nitrogen and oxygen atoms in total. The molecule has 2 aromatic carbocycles. The zero-order valence-corrected chi connectivity index (χ0v) is 11.0. The summed E-state index contributed by atoms with van der Waals surface area (Å²) in [5.74, 6) is 0. The van der Waals surface area contributed by atoms with E-state index in [0.717, 1.165) is 11.3 Å². The van der Waals surface area contributed by atoms with Gasteiger partial charge in [0.25, 0.3) is 5.69 Å². The summed E-state index contributed by atoms with van der Waals surface area (Å²) in [6.45, 7) is 4.08. The summed E-state index contributed by atoms with van der Waals surface area (Å²) >= 11 is 0. The minimum absolute atomic E-state index is 0.0986. The molecule has 0 saturated heterocycles. The number of nitrogens with zero attached hydrogens (tertiary/aromatic N) is 1. The van der Waals surface area contributed by atoms with Gasteiger partial charge in [0.15, 0.2) is 0 Å². The van der Waals surface area contributed by atoms with E-state index in [2.05, 4.69) is 11.4 Å². The van der Waals surface area contributed by atoms with E-state index in [4.69, 9.17) is 0 Å². The minimum Gasteiger partial charge on any atom is -0.378 e. The third-order valence-electron chi connectivity index (χ3n) is 2.98. The normalized spacial score (nSPS) is 11.9. The lowest BCUT2D eigenvalue weighted by Gasteiger charge is -2.16. The van der Waals surface area contributed by atoms with Crippen molar-refractivity contribution in [3.8, 4) is 0 Å². The maximum Gasteiger partial charge on any atom is 0.271 e. The highest BCUT2D eigenvalue weighted by atomic mass is 16.6. The fourth-order valence-corrected chi connectivity index (χ4v) is 1.98.